The van der Waals surface area contributed by atoms with Crippen LogP contribution in [0.2, 0.25) is 0 Å². The molecule has 2 aromatic rings. The minimum atomic E-state index is -0.0418. The van der Waals surface area contributed by atoms with E-state index in [9.17, 15) is 0 Å². The summed E-state index contributed by atoms with van der Waals surface area (Å²) in [6.07, 6.45) is 5.26. The van der Waals surface area contributed by atoms with Crippen LogP contribution in [0.3, 0.4) is 0 Å². The topological polar surface area (TPSA) is 50.9 Å². The van der Waals surface area contributed by atoms with Crippen molar-refractivity contribution in [3.05, 3.63) is 48.3 Å². The Morgan fingerprint density at radius 1 is 1.21 bits per heavy atom. The number of aromatic nitrogens is 3. The highest BCUT2D eigenvalue weighted by atomic mass is 16.3. The summed E-state index contributed by atoms with van der Waals surface area (Å²) in [5.41, 5.74) is 0.959. The van der Waals surface area contributed by atoms with Crippen molar-refractivity contribution in [3.63, 3.8) is 0 Å². The first kappa shape index (κ1) is 8.90. The van der Waals surface area contributed by atoms with Gasteiger partial charge in [0.25, 0.3) is 0 Å². The Morgan fingerprint density at radius 2 is 2.14 bits per heavy atom. The van der Waals surface area contributed by atoms with Crippen LogP contribution in [0.5, 0.6) is 0 Å². The van der Waals surface area contributed by atoms with Gasteiger partial charge in [0.2, 0.25) is 0 Å². The van der Waals surface area contributed by atoms with Crippen LogP contribution in [0.4, 0.5) is 0 Å². The lowest BCUT2D eigenvalue weighted by Gasteiger charge is -2.04. The van der Waals surface area contributed by atoms with Gasteiger partial charge in [0.15, 0.2) is 0 Å². The van der Waals surface area contributed by atoms with Gasteiger partial charge in [0, 0.05) is 18.6 Å². The molecule has 2 rings (SSSR count). The molecule has 0 amide bonds. The van der Waals surface area contributed by atoms with Gasteiger partial charge >= 0.3 is 0 Å². The van der Waals surface area contributed by atoms with Gasteiger partial charge in [-0.05, 0) is 12.1 Å². The van der Waals surface area contributed by atoms with Crippen molar-refractivity contribution >= 4 is 0 Å². The molecule has 14 heavy (non-hydrogen) atoms. The maximum absolute atomic E-state index is 8.98. The fourth-order valence-electron chi connectivity index (χ4n) is 1.30. The maximum atomic E-state index is 8.98. The second-order valence-corrected chi connectivity index (χ2v) is 2.95. The zero-order valence-electron chi connectivity index (χ0n) is 7.67. The Morgan fingerprint density at radius 3 is 2.86 bits per heavy atom. The minimum Gasteiger partial charge on any atom is -0.388 e. The molecule has 0 bridgehead atoms. The Bertz CT molecular complexity index is 397. The average molecular weight is 189 g/mol. The number of hydrogen-bond acceptors (Lipinski definition) is 3. The van der Waals surface area contributed by atoms with Crippen molar-refractivity contribution in [2.24, 2.45) is 0 Å². The second kappa shape index (κ2) is 4.02. The molecule has 0 saturated heterocycles. The lowest BCUT2D eigenvalue weighted by Crippen LogP contribution is -2.05. The van der Waals surface area contributed by atoms with Crippen LogP contribution < -0.4 is 0 Å². The number of aliphatic hydroxyl groups is 1. The molecule has 0 aliphatic heterocycles. The lowest BCUT2D eigenvalue weighted by molar-refractivity contribution is 0.266. The highest BCUT2D eigenvalue weighted by molar-refractivity contribution is 5.05. The molecule has 2 aromatic heterocycles. The third kappa shape index (κ3) is 1.80. The van der Waals surface area contributed by atoms with Gasteiger partial charge in [0.1, 0.15) is 12.4 Å². The monoisotopic (exact) mass is 189 g/mol. The van der Waals surface area contributed by atoms with Crippen LogP contribution in [0.25, 0.3) is 0 Å². The molecule has 4 heteroatoms. The molecule has 1 N–H and O–H groups in total. The van der Waals surface area contributed by atoms with E-state index in [1.165, 1.54) is 0 Å². The van der Waals surface area contributed by atoms with E-state index in [1.807, 2.05) is 29.0 Å². The van der Waals surface area contributed by atoms with Crippen molar-refractivity contribution in [2.75, 3.05) is 0 Å². The molecule has 0 aliphatic carbocycles. The molecule has 2 heterocycles. The standard InChI is InChI=1S/C10H11N3O/c14-8-10-12-5-6-13(10)7-9-3-1-2-4-11-9/h1-6,14H,7-8H2. The highest BCUT2D eigenvalue weighted by Gasteiger charge is 2.01. The number of rotatable bonds is 3. The molecule has 0 aromatic carbocycles. The summed E-state index contributed by atoms with van der Waals surface area (Å²) in [6.45, 7) is 0.608. The fourth-order valence-corrected chi connectivity index (χ4v) is 1.30. The summed E-state index contributed by atoms with van der Waals surface area (Å²) in [7, 11) is 0. The predicted octanol–water partition coefficient (Wildman–Crippen LogP) is 0.819. The van der Waals surface area contributed by atoms with E-state index in [4.69, 9.17) is 5.11 Å². The summed E-state index contributed by atoms with van der Waals surface area (Å²) in [6, 6.07) is 5.77. The van der Waals surface area contributed by atoms with E-state index in [2.05, 4.69) is 9.97 Å². The predicted molar refractivity (Wildman–Crippen MR) is 51.5 cm³/mol. The molecule has 0 unspecified atom stereocenters. The normalized spacial score (nSPS) is 10.4. The first-order chi connectivity index (χ1) is 6.90. The van der Waals surface area contributed by atoms with Crippen molar-refractivity contribution in [2.45, 2.75) is 13.2 Å². The molecular formula is C10H11N3O. The summed E-state index contributed by atoms with van der Waals surface area (Å²) in [4.78, 5) is 8.21. The van der Waals surface area contributed by atoms with E-state index in [0.717, 1.165) is 5.69 Å². The number of imidazole rings is 1. The molecule has 0 fully saturated rings. The van der Waals surface area contributed by atoms with Crippen molar-refractivity contribution in [1.29, 1.82) is 0 Å². The third-order valence-electron chi connectivity index (χ3n) is 2.00. The number of hydrogen-bond donors (Lipinski definition) is 1. The zero-order valence-corrected chi connectivity index (χ0v) is 7.67. The van der Waals surface area contributed by atoms with E-state index in [-0.39, 0.29) is 6.61 Å². The van der Waals surface area contributed by atoms with Gasteiger partial charge in [-0.15, -0.1) is 0 Å². The van der Waals surface area contributed by atoms with E-state index in [1.54, 1.807) is 12.4 Å². The molecule has 0 saturated carbocycles. The fraction of sp³-hybridized carbons (Fsp3) is 0.200. The summed E-state index contributed by atoms with van der Waals surface area (Å²) >= 11 is 0. The molecule has 0 aliphatic rings. The Balaban J connectivity index is 2.19. The van der Waals surface area contributed by atoms with E-state index < -0.39 is 0 Å². The molecule has 72 valence electrons. The van der Waals surface area contributed by atoms with Gasteiger partial charge in [-0.3, -0.25) is 4.98 Å². The van der Waals surface area contributed by atoms with Gasteiger partial charge in [-0.1, -0.05) is 6.07 Å². The number of aliphatic hydroxyl groups excluding tert-OH is 1. The Hall–Kier alpha value is -1.68. The number of pyridine rings is 1. The first-order valence-electron chi connectivity index (χ1n) is 4.41. The first-order valence-corrected chi connectivity index (χ1v) is 4.41. The smallest absolute Gasteiger partial charge is 0.134 e. The Kier molecular flexibility index (Phi) is 2.55. The van der Waals surface area contributed by atoms with Crippen molar-refractivity contribution in [1.82, 2.24) is 14.5 Å². The minimum absolute atomic E-state index is 0.0418. The van der Waals surface area contributed by atoms with E-state index in [0.29, 0.717) is 12.4 Å². The largest absolute Gasteiger partial charge is 0.388 e. The maximum Gasteiger partial charge on any atom is 0.134 e. The Labute approximate surface area is 81.9 Å². The van der Waals surface area contributed by atoms with Crippen LogP contribution in [-0.4, -0.2) is 19.6 Å². The SMILES string of the molecule is OCc1nccn1Cc1ccccn1. The van der Waals surface area contributed by atoms with Crippen LogP contribution in [0.15, 0.2) is 36.8 Å². The van der Waals surface area contributed by atoms with Gasteiger partial charge < -0.3 is 9.67 Å². The lowest BCUT2D eigenvalue weighted by atomic mass is 10.3. The third-order valence-corrected chi connectivity index (χ3v) is 2.00. The number of nitrogens with zero attached hydrogens (tertiary/aromatic N) is 3. The molecule has 0 radical (unpaired) electrons. The molecule has 0 atom stereocenters. The van der Waals surface area contributed by atoms with Crippen LogP contribution >= 0.6 is 0 Å². The second-order valence-electron chi connectivity index (χ2n) is 2.95. The summed E-state index contributed by atoms with van der Waals surface area (Å²) in [5, 5.41) is 8.98. The van der Waals surface area contributed by atoms with Gasteiger partial charge in [0.05, 0.1) is 12.2 Å². The van der Waals surface area contributed by atoms with E-state index >= 15 is 0 Å². The van der Waals surface area contributed by atoms with Crippen LogP contribution in [0.1, 0.15) is 11.5 Å². The average Bonchev–Trinajstić information content (AvgIpc) is 2.67. The zero-order chi connectivity index (χ0) is 9.80. The quantitative estimate of drug-likeness (QED) is 0.777. The van der Waals surface area contributed by atoms with Crippen molar-refractivity contribution in [3.8, 4) is 0 Å². The molecule has 0 spiro atoms. The van der Waals surface area contributed by atoms with Crippen molar-refractivity contribution < 1.29 is 5.11 Å². The van der Waals surface area contributed by atoms with Gasteiger partial charge in [-0.2, -0.15) is 0 Å². The van der Waals surface area contributed by atoms with Gasteiger partial charge in [-0.25, -0.2) is 4.98 Å². The molecule has 4 nitrogen and oxygen atoms in total. The van der Waals surface area contributed by atoms with Crippen LogP contribution in [0, 0.1) is 0 Å². The molecular weight excluding hydrogens is 178 g/mol. The van der Waals surface area contributed by atoms with Crippen LogP contribution in [-0.2, 0) is 13.2 Å². The summed E-state index contributed by atoms with van der Waals surface area (Å²) in [5.74, 6) is 0.663. The highest BCUT2D eigenvalue weighted by Crippen LogP contribution is 2.02. The summed E-state index contributed by atoms with van der Waals surface area (Å²) < 4.78 is 1.88.